The van der Waals surface area contributed by atoms with Crippen LogP contribution in [0.1, 0.15) is 71.1 Å². The summed E-state index contributed by atoms with van der Waals surface area (Å²) in [7, 11) is 0. The van der Waals surface area contributed by atoms with E-state index < -0.39 is 0 Å². The van der Waals surface area contributed by atoms with Crippen molar-refractivity contribution in [3.05, 3.63) is 12.2 Å². The Morgan fingerprint density at radius 3 is 2.24 bits per heavy atom. The fourth-order valence-electron chi connectivity index (χ4n) is 1.63. The number of hydrogen-bond acceptors (Lipinski definition) is 0. The largest absolute Gasteiger partial charge is 0.127 e. The molecular weight excluding hydrogens is 228 g/mol. The lowest BCUT2D eigenvalue weighted by Crippen LogP contribution is -1.81. The summed E-state index contributed by atoms with van der Waals surface area (Å²) in [5, 5.41) is 0. The molecule has 0 aromatic heterocycles. The predicted octanol–water partition coefficient (Wildman–Crippen LogP) is 5.71. The van der Waals surface area contributed by atoms with Crippen LogP contribution in [-0.2, 0) is 0 Å². The highest BCUT2D eigenvalue weighted by Crippen LogP contribution is 2.08. The molecule has 0 heterocycles. The maximum atomic E-state index is 5.62. The second-order valence-corrected chi connectivity index (χ2v) is 4.80. The molecule has 0 saturated carbocycles. The molecule has 1 heteroatoms. The van der Waals surface area contributed by atoms with E-state index in [2.05, 4.69) is 24.8 Å². The number of alkyl halides is 1. The lowest BCUT2D eigenvalue weighted by Gasteiger charge is -1.98. The van der Waals surface area contributed by atoms with Crippen LogP contribution in [0.4, 0.5) is 0 Å². The SMILES string of the molecule is CCCC=CC#CCCCCCCCCCCl. The van der Waals surface area contributed by atoms with Crippen molar-refractivity contribution in [3.8, 4) is 11.8 Å². The zero-order valence-electron chi connectivity index (χ0n) is 11.3. The van der Waals surface area contributed by atoms with Crippen molar-refractivity contribution in [1.29, 1.82) is 0 Å². The first-order chi connectivity index (χ1) is 8.41. The van der Waals surface area contributed by atoms with Crippen molar-refractivity contribution in [2.75, 3.05) is 5.88 Å². The van der Waals surface area contributed by atoms with Gasteiger partial charge in [-0.25, -0.2) is 0 Å². The summed E-state index contributed by atoms with van der Waals surface area (Å²) in [6, 6.07) is 0. The van der Waals surface area contributed by atoms with E-state index >= 15 is 0 Å². The minimum Gasteiger partial charge on any atom is -0.127 e. The van der Waals surface area contributed by atoms with Gasteiger partial charge in [0.1, 0.15) is 0 Å². The van der Waals surface area contributed by atoms with Crippen molar-refractivity contribution in [2.45, 2.75) is 71.1 Å². The van der Waals surface area contributed by atoms with Crippen LogP contribution in [0.15, 0.2) is 12.2 Å². The fraction of sp³-hybridized carbons (Fsp3) is 0.750. The fourth-order valence-corrected chi connectivity index (χ4v) is 1.82. The van der Waals surface area contributed by atoms with Gasteiger partial charge in [-0.05, 0) is 25.3 Å². The van der Waals surface area contributed by atoms with Gasteiger partial charge in [0.2, 0.25) is 0 Å². The number of halogens is 1. The van der Waals surface area contributed by atoms with Gasteiger partial charge >= 0.3 is 0 Å². The van der Waals surface area contributed by atoms with Gasteiger partial charge in [0.15, 0.2) is 0 Å². The van der Waals surface area contributed by atoms with Gasteiger partial charge in [-0.2, -0.15) is 0 Å². The number of unbranched alkanes of at least 4 members (excludes halogenated alkanes) is 8. The normalized spacial score (nSPS) is 10.5. The Morgan fingerprint density at radius 2 is 1.59 bits per heavy atom. The lowest BCUT2D eigenvalue weighted by molar-refractivity contribution is 0.595. The van der Waals surface area contributed by atoms with Crippen LogP contribution in [0.2, 0.25) is 0 Å². The topological polar surface area (TPSA) is 0 Å². The van der Waals surface area contributed by atoms with Crippen LogP contribution >= 0.6 is 11.6 Å². The molecule has 0 nitrogen and oxygen atoms in total. The quantitative estimate of drug-likeness (QED) is 0.266. The Hall–Kier alpha value is -0.410. The Morgan fingerprint density at radius 1 is 0.941 bits per heavy atom. The molecule has 0 spiro atoms. The van der Waals surface area contributed by atoms with Gasteiger partial charge in [0, 0.05) is 12.3 Å². The molecule has 0 N–H and O–H groups in total. The molecule has 0 fully saturated rings. The van der Waals surface area contributed by atoms with Crippen molar-refractivity contribution in [3.63, 3.8) is 0 Å². The standard InChI is InChI=1S/C16H27Cl/c1-2-3-4-5-6-7-8-9-10-11-12-13-14-15-16-17/h4-5H,2-3,8-16H2,1H3. The van der Waals surface area contributed by atoms with Gasteiger partial charge in [-0.15, -0.1) is 11.6 Å². The molecule has 0 aromatic rings. The summed E-state index contributed by atoms with van der Waals surface area (Å²) in [6.07, 6.45) is 16.7. The Bertz CT molecular complexity index is 219. The van der Waals surface area contributed by atoms with E-state index in [0.29, 0.717) is 0 Å². The van der Waals surface area contributed by atoms with Crippen LogP contribution in [0, 0.1) is 11.8 Å². The third-order valence-electron chi connectivity index (χ3n) is 2.69. The molecule has 0 aromatic carbocycles. The molecule has 98 valence electrons. The number of rotatable bonds is 10. The van der Waals surface area contributed by atoms with Gasteiger partial charge in [0.05, 0.1) is 0 Å². The Kier molecular flexibility index (Phi) is 15.2. The van der Waals surface area contributed by atoms with Gasteiger partial charge in [0.25, 0.3) is 0 Å². The number of hydrogen-bond donors (Lipinski definition) is 0. The molecule has 0 amide bonds. The van der Waals surface area contributed by atoms with Crippen LogP contribution in [-0.4, -0.2) is 5.88 Å². The summed E-state index contributed by atoms with van der Waals surface area (Å²) >= 11 is 5.62. The molecule has 0 saturated heterocycles. The molecule has 0 unspecified atom stereocenters. The first kappa shape index (κ1) is 16.6. The summed E-state index contributed by atoms with van der Waals surface area (Å²) in [4.78, 5) is 0. The molecule has 0 aliphatic rings. The second-order valence-electron chi connectivity index (χ2n) is 4.43. The zero-order chi connectivity index (χ0) is 12.6. The third kappa shape index (κ3) is 15.6. The maximum Gasteiger partial charge on any atom is 0.0223 e. The summed E-state index contributed by atoms with van der Waals surface area (Å²) in [5.74, 6) is 7.12. The first-order valence-electron chi connectivity index (χ1n) is 7.11. The van der Waals surface area contributed by atoms with Crippen molar-refractivity contribution < 1.29 is 0 Å². The monoisotopic (exact) mass is 254 g/mol. The molecule has 17 heavy (non-hydrogen) atoms. The van der Waals surface area contributed by atoms with E-state index in [0.717, 1.165) is 18.7 Å². The zero-order valence-corrected chi connectivity index (χ0v) is 12.1. The molecular formula is C16H27Cl. The van der Waals surface area contributed by atoms with E-state index in [9.17, 15) is 0 Å². The van der Waals surface area contributed by atoms with E-state index in [-0.39, 0.29) is 0 Å². The predicted molar refractivity (Wildman–Crippen MR) is 79.5 cm³/mol. The first-order valence-corrected chi connectivity index (χ1v) is 7.64. The molecule has 0 bridgehead atoms. The van der Waals surface area contributed by atoms with Crippen molar-refractivity contribution >= 4 is 11.6 Å². The molecule has 0 aliphatic heterocycles. The smallest absolute Gasteiger partial charge is 0.0223 e. The molecule has 0 aliphatic carbocycles. The minimum absolute atomic E-state index is 0.821. The van der Waals surface area contributed by atoms with Crippen molar-refractivity contribution in [1.82, 2.24) is 0 Å². The summed E-state index contributed by atoms with van der Waals surface area (Å²) < 4.78 is 0. The number of allylic oxidation sites excluding steroid dienone is 2. The van der Waals surface area contributed by atoms with Crippen LogP contribution in [0.25, 0.3) is 0 Å². The average molecular weight is 255 g/mol. The van der Waals surface area contributed by atoms with Crippen molar-refractivity contribution in [2.24, 2.45) is 0 Å². The van der Waals surface area contributed by atoms with Gasteiger partial charge in [-0.3, -0.25) is 0 Å². The molecule has 0 atom stereocenters. The minimum atomic E-state index is 0.821. The van der Waals surface area contributed by atoms with Crippen LogP contribution < -0.4 is 0 Å². The molecule has 0 radical (unpaired) electrons. The maximum absolute atomic E-state index is 5.62. The van der Waals surface area contributed by atoms with Gasteiger partial charge < -0.3 is 0 Å². The third-order valence-corrected chi connectivity index (χ3v) is 2.96. The van der Waals surface area contributed by atoms with Crippen LogP contribution in [0.5, 0.6) is 0 Å². The van der Waals surface area contributed by atoms with Crippen LogP contribution in [0.3, 0.4) is 0 Å². The Labute approximate surface area is 113 Å². The average Bonchev–Trinajstić information content (AvgIpc) is 2.35. The van der Waals surface area contributed by atoms with E-state index in [1.165, 1.54) is 51.4 Å². The van der Waals surface area contributed by atoms with E-state index in [1.807, 2.05) is 6.08 Å². The van der Waals surface area contributed by atoms with E-state index in [4.69, 9.17) is 11.6 Å². The summed E-state index contributed by atoms with van der Waals surface area (Å²) in [6.45, 7) is 2.19. The van der Waals surface area contributed by atoms with Gasteiger partial charge in [-0.1, -0.05) is 63.4 Å². The summed E-state index contributed by atoms with van der Waals surface area (Å²) in [5.41, 5.74) is 0. The second kappa shape index (κ2) is 15.6. The lowest BCUT2D eigenvalue weighted by atomic mass is 10.1. The highest BCUT2D eigenvalue weighted by atomic mass is 35.5. The highest BCUT2D eigenvalue weighted by molar-refractivity contribution is 6.17. The van der Waals surface area contributed by atoms with E-state index in [1.54, 1.807) is 0 Å². The Balaban J connectivity index is 3.12. The highest BCUT2D eigenvalue weighted by Gasteiger charge is 1.90. The molecule has 0 rings (SSSR count).